The monoisotopic (exact) mass is 549 g/mol. The number of hydrogen-bond acceptors (Lipinski definition) is 10. The largest absolute Gasteiger partial charge is 0.448 e. The number of ether oxygens (including phenoxy) is 2. The molecular weight excluding hydrogens is 514 g/mol. The first kappa shape index (κ1) is 33.1. The van der Waals surface area contributed by atoms with Crippen molar-refractivity contribution in [2.24, 2.45) is 16.8 Å². The Kier molecular flexibility index (Phi) is 13.4. The number of aliphatic imine (C=N–C) groups is 1. The van der Waals surface area contributed by atoms with Crippen molar-refractivity contribution in [1.29, 1.82) is 15.8 Å². The lowest BCUT2D eigenvalue weighted by molar-refractivity contribution is -0.114. The van der Waals surface area contributed by atoms with Gasteiger partial charge in [0, 0.05) is 25.7 Å². The van der Waals surface area contributed by atoms with Crippen LogP contribution in [0.15, 0.2) is 34.5 Å². The van der Waals surface area contributed by atoms with E-state index in [2.05, 4.69) is 10.3 Å². The van der Waals surface area contributed by atoms with E-state index in [1.54, 1.807) is 58.0 Å². The summed E-state index contributed by atoms with van der Waals surface area (Å²) >= 11 is 0. The molecule has 12 nitrogen and oxygen atoms in total. The highest BCUT2D eigenvalue weighted by Crippen LogP contribution is 2.32. The summed E-state index contributed by atoms with van der Waals surface area (Å²) in [5, 5.41) is 32.1. The minimum atomic E-state index is -1.25. The molecular formula is C28H35N7O5. The summed E-state index contributed by atoms with van der Waals surface area (Å²) in [4.78, 5) is 44.8. The van der Waals surface area contributed by atoms with E-state index in [0.29, 0.717) is 18.0 Å². The third-order valence-corrected chi connectivity index (χ3v) is 5.11. The highest BCUT2D eigenvalue weighted by Gasteiger charge is 2.35. The summed E-state index contributed by atoms with van der Waals surface area (Å²) in [6.45, 7) is 13.5. The maximum atomic E-state index is 13.1. The SMILES string of the molecule is CCN(CC)c1ccc(/N=C(\C#N)C(=C(C#N)C#N)N(C(=O)OCC(C)C)C(=O)OCC(C)C)c(NC(C)=O)c1. The van der Waals surface area contributed by atoms with Crippen LogP contribution in [0.2, 0.25) is 0 Å². The predicted molar refractivity (Wildman–Crippen MR) is 149 cm³/mol. The number of nitriles is 3. The van der Waals surface area contributed by atoms with Gasteiger partial charge in [-0.25, -0.2) is 14.6 Å². The predicted octanol–water partition coefficient (Wildman–Crippen LogP) is 5.28. The van der Waals surface area contributed by atoms with Crippen LogP contribution < -0.4 is 10.2 Å². The molecule has 0 aliphatic heterocycles. The van der Waals surface area contributed by atoms with Crippen molar-refractivity contribution in [2.45, 2.75) is 48.5 Å². The van der Waals surface area contributed by atoms with Crippen molar-refractivity contribution in [3.05, 3.63) is 29.5 Å². The van der Waals surface area contributed by atoms with Crippen molar-refractivity contribution in [1.82, 2.24) is 4.90 Å². The Bertz CT molecular complexity index is 1240. The molecule has 1 aromatic rings. The van der Waals surface area contributed by atoms with Crippen molar-refractivity contribution in [3.8, 4) is 18.2 Å². The molecule has 212 valence electrons. The van der Waals surface area contributed by atoms with Gasteiger partial charge in [0.2, 0.25) is 5.91 Å². The Morgan fingerprint density at radius 3 is 1.85 bits per heavy atom. The zero-order chi connectivity index (χ0) is 30.4. The Balaban J connectivity index is 3.92. The summed E-state index contributed by atoms with van der Waals surface area (Å²) < 4.78 is 10.4. The number of rotatable bonds is 11. The lowest BCUT2D eigenvalue weighted by Crippen LogP contribution is -2.41. The standard InChI is InChI=1S/C28H35N7O5/c1-8-34(9-2)22-10-11-23(24(12-22)32-20(7)36)33-25(15-31)26(21(13-29)14-30)35(27(37)39-16-18(3)4)28(38)40-17-19(5)6/h10-12,18-19H,8-9,16-17H2,1-7H3,(H,32,36)/b33-25+. The molecule has 0 unspecified atom stereocenters. The Hall–Kier alpha value is -4.89. The van der Waals surface area contributed by atoms with E-state index >= 15 is 0 Å². The van der Waals surface area contributed by atoms with Crippen molar-refractivity contribution < 1.29 is 23.9 Å². The molecule has 0 saturated carbocycles. The Labute approximate surface area is 235 Å². The molecule has 0 aliphatic rings. The van der Waals surface area contributed by atoms with Crippen LogP contribution >= 0.6 is 0 Å². The molecule has 0 aromatic heterocycles. The molecule has 40 heavy (non-hydrogen) atoms. The first-order chi connectivity index (χ1) is 18.9. The van der Waals surface area contributed by atoms with E-state index in [0.717, 1.165) is 5.69 Å². The van der Waals surface area contributed by atoms with Crippen molar-refractivity contribution in [3.63, 3.8) is 0 Å². The molecule has 12 heteroatoms. The van der Waals surface area contributed by atoms with E-state index in [9.17, 15) is 30.2 Å². The van der Waals surface area contributed by atoms with Gasteiger partial charge in [0.1, 0.15) is 23.9 Å². The summed E-state index contributed by atoms with van der Waals surface area (Å²) in [7, 11) is 0. The van der Waals surface area contributed by atoms with Crippen LogP contribution in [0, 0.1) is 45.8 Å². The normalized spacial score (nSPS) is 10.6. The van der Waals surface area contributed by atoms with Gasteiger partial charge in [0.15, 0.2) is 11.3 Å². The average molecular weight is 550 g/mol. The van der Waals surface area contributed by atoms with Crippen LogP contribution in [0.1, 0.15) is 48.5 Å². The molecule has 0 bridgehead atoms. The Morgan fingerprint density at radius 1 is 0.925 bits per heavy atom. The van der Waals surface area contributed by atoms with Gasteiger partial charge in [0.25, 0.3) is 0 Å². The van der Waals surface area contributed by atoms with E-state index in [1.165, 1.54) is 13.0 Å². The number of nitrogens with zero attached hydrogens (tertiary/aromatic N) is 6. The van der Waals surface area contributed by atoms with Gasteiger partial charge in [-0.2, -0.15) is 20.7 Å². The van der Waals surface area contributed by atoms with Crippen molar-refractivity contribution in [2.75, 3.05) is 36.5 Å². The molecule has 0 fully saturated rings. The minimum absolute atomic E-state index is 0.0847. The lowest BCUT2D eigenvalue weighted by atomic mass is 10.1. The highest BCUT2D eigenvalue weighted by molar-refractivity contribution is 6.17. The molecule has 1 rings (SSSR count). The molecule has 0 radical (unpaired) electrons. The zero-order valence-corrected chi connectivity index (χ0v) is 23.9. The number of carbonyl (C=O) groups is 3. The quantitative estimate of drug-likeness (QED) is 0.285. The van der Waals surface area contributed by atoms with Gasteiger partial charge in [-0.3, -0.25) is 4.79 Å². The number of nitrogens with one attached hydrogen (secondary N) is 1. The number of benzene rings is 1. The summed E-state index contributed by atoms with van der Waals surface area (Å²) in [6.07, 6.45) is -2.50. The number of anilines is 2. The average Bonchev–Trinajstić information content (AvgIpc) is 2.90. The molecule has 0 spiro atoms. The zero-order valence-electron chi connectivity index (χ0n) is 23.9. The number of carbonyl (C=O) groups excluding carboxylic acids is 3. The third kappa shape index (κ3) is 9.45. The lowest BCUT2D eigenvalue weighted by Gasteiger charge is -2.23. The first-order valence-corrected chi connectivity index (χ1v) is 12.8. The van der Waals surface area contributed by atoms with E-state index in [4.69, 9.17) is 9.47 Å². The molecule has 0 heterocycles. The maximum Gasteiger partial charge on any atom is 0.424 e. The van der Waals surface area contributed by atoms with E-state index in [1.807, 2.05) is 18.7 Å². The fourth-order valence-corrected chi connectivity index (χ4v) is 3.28. The van der Waals surface area contributed by atoms with Gasteiger partial charge in [-0.05, 0) is 43.9 Å². The number of amides is 3. The number of hydrogen-bond donors (Lipinski definition) is 1. The summed E-state index contributed by atoms with van der Waals surface area (Å²) in [6, 6.07) is 9.90. The van der Waals surface area contributed by atoms with Gasteiger partial charge < -0.3 is 19.7 Å². The first-order valence-electron chi connectivity index (χ1n) is 12.8. The second-order valence-corrected chi connectivity index (χ2v) is 9.35. The van der Waals surface area contributed by atoms with Crippen molar-refractivity contribution >= 4 is 40.9 Å². The molecule has 0 atom stereocenters. The fourth-order valence-electron chi connectivity index (χ4n) is 3.28. The topological polar surface area (TPSA) is 172 Å². The third-order valence-electron chi connectivity index (χ3n) is 5.11. The highest BCUT2D eigenvalue weighted by atomic mass is 16.6. The molecule has 1 N–H and O–H groups in total. The molecule has 0 aliphatic carbocycles. The number of imide groups is 1. The van der Waals surface area contributed by atoms with E-state index in [-0.39, 0.29) is 36.4 Å². The molecule has 1 aromatic carbocycles. The minimum Gasteiger partial charge on any atom is -0.448 e. The fraction of sp³-hybridized carbons (Fsp3) is 0.464. The summed E-state index contributed by atoms with van der Waals surface area (Å²) in [5.74, 6) is -0.622. The maximum absolute atomic E-state index is 13.1. The van der Waals surface area contributed by atoms with Crippen LogP contribution in [0.3, 0.4) is 0 Å². The second kappa shape index (κ2) is 16.2. The molecule has 0 saturated heterocycles. The smallest absolute Gasteiger partial charge is 0.424 e. The van der Waals surface area contributed by atoms with Crippen LogP contribution in [-0.2, 0) is 14.3 Å². The van der Waals surface area contributed by atoms with Crippen LogP contribution in [0.5, 0.6) is 0 Å². The van der Waals surface area contributed by atoms with Gasteiger partial charge in [0.05, 0.1) is 24.6 Å². The second-order valence-electron chi connectivity index (χ2n) is 9.35. The van der Waals surface area contributed by atoms with Crippen LogP contribution in [0.25, 0.3) is 0 Å². The van der Waals surface area contributed by atoms with Gasteiger partial charge in [-0.1, -0.05) is 27.7 Å². The van der Waals surface area contributed by atoms with Crippen LogP contribution in [-0.4, -0.2) is 55.0 Å². The van der Waals surface area contributed by atoms with E-state index < -0.39 is 35.1 Å². The summed E-state index contributed by atoms with van der Waals surface area (Å²) in [5.41, 5.74) is -0.978. The molecule has 3 amide bonds. The van der Waals surface area contributed by atoms with Gasteiger partial charge >= 0.3 is 12.2 Å². The van der Waals surface area contributed by atoms with Crippen LogP contribution in [0.4, 0.5) is 26.7 Å². The van der Waals surface area contributed by atoms with Gasteiger partial charge in [-0.15, -0.1) is 0 Å². The number of allylic oxidation sites excluding steroid dienone is 2. The Morgan fingerprint density at radius 2 is 1.45 bits per heavy atom.